The minimum atomic E-state index is -0.251. The van der Waals surface area contributed by atoms with E-state index in [2.05, 4.69) is 26.2 Å². The number of halogens is 3. The fraction of sp³-hybridized carbons (Fsp3) is 0.500. The molecule has 3 rings (SSSR count). The molecule has 2 aliphatic rings. The summed E-state index contributed by atoms with van der Waals surface area (Å²) in [5.41, 5.74) is 0.0979. The van der Waals surface area contributed by atoms with Crippen molar-refractivity contribution in [2.75, 3.05) is 13.1 Å². The zero-order chi connectivity index (χ0) is 14.5. The summed E-state index contributed by atoms with van der Waals surface area (Å²) in [7, 11) is 0. The van der Waals surface area contributed by atoms with Crippen LogP contribution in [0.3, 0.4) is 0 Å². The van der Waals surface area contributed by atoms with Crippen LogP contribution in [0, 0.1) is 0 Å². The summed E-state index contributed by atoms with van der Waals surface area (Å²) in [5, 5.41) is 3.53. The van der Waals surface area contributed by atoms with E-state index in [1.807, 2.05) is 0 Å². The van der Waals surface area contributed by atoms with E-state index in [0.717, 1.165) is 12.8 Å². The van der Waals surface area contributed by atoms with Gasteiger partial charge in [-0.1, -0.05) is 23.2 Å². The summed E-state index contributed by atoms with van der Waals surface area (Å²) in [6, 6.07) is 0. The molecule has 2 N–H and O–H groups in total. The molecule has 1 atom stereocenters. The number of carbonyl (C=O) groups is 2. The number of rotatable bonds is 1. The van der Waals surface area contributed by atoms with Gasteiger partial charge in [0.15, 0.2) is 0 Å². The largest absolute Gasteiger partial charge is 0.349 e. The molecule has 3 heterocycles. The molecule has 1 aromatic rings. The SMILES string of the molecule is O=C1CCC2(CCN(C(=O)c3[nH]c(Cl)c(Cl)c3Br)C2)N1. The average Bonchev–Trinajstić information content (AvgIpc) is 3.06. The number of H-pyrrole nitrogens is 1. The number of likely N-dealkylation sites (tertiary alicyclic amines) is 1. The molecule has 2 amide bonds. The molecule has 2 saturated heterocycles. The van der Waals surface area contributed by atoms with Crippen molar-refractivity contribution in [2.45, 2.75) is 24.8 Å². The summed E-state index contributed by atoms with van der Waals surface area (Å²) in [6.07, 6.45) is 2.10. The third-order valence-electron chi connectivity index (χ3n) is 3.93. The van der Waals surface area contributed by atoms with Crippen molar-refractivity contribution in [3.05, 3.63) is 20.3 Å². The van der Waals surface area contributed by atoms with Crippen molar-refractivity contribution in [3.8, 4) is 0 Å². The second-order valence-corrected chi connectivity index (χ2v) is 6.80. The molecule has 0 radical (unpaired) electrons. The lowest BCUT2D eigenvalue weighted by Gasteiger charge is -2.23. The number of hydrogen-bond donors (Lipinski definition) is 2. The van der Waals surface area contributed by atoms with Gasteiger partial charge in [-0.15, -0.1) is 0 Å². The first-order valence-corrected chi connectivity index (χ1v) is 7.79. The van der Waals surface area contributed by atoms with Crippen LogP contribution in [-0.4, -0.2) is 40.3 Å². The summed E-state index contributed by atoms with van der Waals surface area (Å²) < 4.78 is 0.477. The van der Waals surface area contributed by atoms with Gasteiger partial charge < -0.3 is 15.2 Å². The Morgan fingerprint density at radius 3 is 2.65 bits per heavy atom. The van der Waals surface area contributed by atoms with Crippen molar-refractivity contribution >= 4 is 50.9 Å². The minimum absolute atomic E-state index is 0.0615. The first-order valence-electron chi connectivity index (χ1n) is 6.25. The fourth-order valence-electron chi connectivity index (χ4n) is 2.86. The third-order valence-corrected chi connectivity index (χ3v) is 5.71. The van der Waals surface area contributed by atoms with E-state index in [4.69, 9.17) is 23.2 Å². The molecule has 2 aliphatic heterocycles. The molecule has 108 valence electrons. The van der Waals surface area contributed by atoms with E-state index in [1.54, 1.807) is 4.90 Å². The minimum Gasteiger partial charge on any atom is -0.349 e. The number of aromatic nitrogens is 1. The molecule has 0 saturated carbocycles. The Kier molecular flexibility index (Phi) is 3.51. The maximum absolute atomic E-state index is 12.5. The lowest BCUT2D eigenvalue weighted by molar-refractivity contribution is -0.119. The predicted molar refractivity (Wildman–Crippen MR) is 79.1 cm³/mol. The van der Waals surface area contributed by atoms with Crippen LogP contribution < -0.4 is 5.32 Å². The second kappa shape index (κ2) is 4.93. The first kappa shape index (κ1) is 14.2. The van der Waals surface area contributed by atoms with Crippen LogP contribution in [-0.2, 0) is 4.79 Å². The van der Waals surface area contributed by atoms with Crippen LogP contribution >= 0.6 is 39.1 Å². The Labute approximate surface area is 134 Å². The van der Waals surface area contributed by atoms with Gasteiger partial charge in [0.2, 0.25) is 5.91 Å². The number of nitrogens with one attached hydrogen (secondary N) is 2. The molecule has 2 fully saturated rings. The normalized spacial score (nSPS) is 25.6. The van der Waals surface area contributed by atoms with Gasteiger partial charge in [-0.25, -0.2) is 0 Å². The highest BCUT2D eigenvalue weighted by Gasteiger charge is 2.45. The van der Waals surface area contributed by atoms with Crippen LogP contribution in [0.15, 0.2) is 4.47 Å². The lowest BCUT2D eigenvalue weighted by Crippen LogP contribution is -2.44. The topological polar surface area (TPSA) is 65.2 Å². The van der Waals surface area contributed by atoms with Crippen molar-refractivity contribution in [1.82, 2.24) is 15.2 Å². The van der Waals surface area contributed by atoms with Gasteiger partial charge in [0.05, 0.1) is 15.0 Å². The van der Waals surface area contributed by atoms with Gasteiger partial charge in [-0.2, -0.15) is 0 Å². The number of aromatic amines is 1. The lowest BCUT2D eigenvalue weighted by atomic mass is 9.97. The quantitative estimate of drug-likeness (QED) is 0.786. The highest BCUT2D eigenvalue weighted by atomic mass is 79.9. The molecular weight excluding hydrogens is 369 g/mol. The summed E-state index contributed by atoms with van der Waals surface area (Å²) >= 11 is 15.1. The number of carbonyl (C=O) groups excluding carboxylic acids is 2. The van der Waals surface area contributed by atoms with Gasteiger partial charge in [0, 0.05) is 19.5 Å². The van der Waals surface area contributed by atoms with Crippen molar-refractivity contribution < 1.29 is 9.59 Å². The van der Waals surface area contributed by atoms with E-state index in [1.165, 1.54) is 0 Å². The Morgan fingerprint density at radius 2 is 2.10 bits per heavy atom. The Hall–Kier alpha value is -0.720. The molecular formula is C12H12BrCl2N3O2. The van der Waals surface area contributed by atoms with Crippen LogP contribution in [0.4, 0.5) is 0 Å². The van der Waals surface area contributed by atoms with Crippen molar-refractivity contribution in [3.63, 3.8) is 0 Å². The Balaban J connectivity index is 1.79. The first-order chi connectivity index (χ1) is 9.42. The molecule has 5 nitrogen and oxygen atoms in total. The fourth-order valence-corrected chi connectivity index (χ4v) is 3.77. The van der Waals surface area contributed by atoms with Gasteiger partial charge in [-0.3, -0.25) is 9.59 Å². The molecule has 1 aromatic heterocycles. The third kappa shape index (κ3) is 2.23. The van der Waals surface area contributed by atoms with E-state index in [0.29, 0.717) is 34.7 Å². The van der Waals surface area contributed by atoms with E-state index < -0.39 is 0 Å². The zero-order valence-electron chi connectivity index (χ0n) is 10.4. The van der Waals surface area contributed by atoms with Gasteiger partial charge in [0.1, 0.15) is 10.8 Å². The molecule has 1 unspecified atom stereocenters. The zero-order valence-corrected chi connectivity index (χ0v) is 13.5. The smallest absolute Gasteiger partial charge is 0.271 e. The Bertz CT molecular complexity index is 604. The maximum atomic E-state index is 12.5. The molecule has 8 heteroatoms. The van der Waals surface area contributed by atoms with E-state index in [-0.39, 0.29) is 22.5 Å². The monoisotopic (exact) mass is 379 g/mol. The van der Waals surface area contributed by atoms with Crippen molar-refractivity contribution in [1.29, 1.82) is 0 Å². The summed E-state index contributed by atoms with van der Waals surface area (Å²) in [6.45, 7) is 1.14. The van der Waals surface area contributed by atoms with Crippen LogP contribution in [0.5, 0.6) is 0 Å². The molecule has 0 aromatic carbocycles. The van der Waals surface area contributed by atoms with Crippen LogP contribution in [0.2, 0.25) is 10.2 Å². The van der Waals surface area contributed by atoms with Gasteiger partial charge in [0.25, 0.3) is 5.91 Å². The molecule has 1 spiro atoms. The standard InChI is InChI=1S/C12H12BrCl2N3O2/c13-7-8(14)10(15)16-9(7)11(20)18-4-3-12(5-18)2-1-6(19)17-12/h16H,1-5H2,(H,17,19). The van der Waals surface area contributed by atoms with Crippen LogP contribution in [0.1, 0.15) is 29.8 Å². The van der Waals surface area contributed by atoms with E-state index >= 15 is 0 Å². The number of amides is 2. The maximum Gasteiger partial charge on any atom is 0.271 e. The highest BCUT2D eigenvalue weighted by Crippen LogP contribution is 2.36. The average molecular weight is 381 g/mol. The summed E-state index contributed by atoms with van der Waals surface area (Å²) in [5.74, 6) is -0.102. The van der Waals surface area contributed by atoms with E-state index in [9.17, 15) is 9.59 Å². The van der Waals surface area contributed by atoms with Crippen LogP contribution in [0.25, 0.3) is 0 Å². The number of hydrogen-bond acceptors (Lipinski definition) is 2. The second-order valence-electron chi connectivity index (χ2n) is 5.25. The Morgan fingerprint density at radius 1 is 1.35 bits per heavy atom. The molecule has 0 bridgehead atoms. The summed E-state index contributed by atoms with van der Waals surface area (Å²) in [4.78, 5) is 28.4. The van der Waals surface area contributed by atoms with Gasteiger partial charge >= 0.3 is 0 Å². The number of nitrogens with zero attached hydrogens (tertiary/aromatic N) is 1. The van der Waals surface area contributed by atoms with Crippen molar-refractivity contribution in [2.24, 2.45) is 0 Å². The van der Waals surface area contributed by atoms with Gasteiger partial charge in [-0.05, 0) is 28.8 Å². The predicted octanol–water partition coefficient (Wildman–Crippen LogP) is 2.58. The highest BCUT2D eigenvalue weighted by molar-refractivity contribution is 9.10. The molecule has 20 heavy (non-hydrogen) atoms. The molecule has 0 aliphatic carbocycles.